The third-order valence-corrected chi connectivity index (χ3v) is 2.76. The Morgan fingerprint density at radius 2 is 1.88 bits per heavy atom. The van der Waals surface area contributed by atoms with Crippen LogP contribution < -0.4 is 10.5 Å². The van der Waals surface area contributed by atoms with Crippen LogP contribution in [0.4, 0.5) is 10.1 Å². The number of hydrogen-bond acceptors (Lipinski definition) is 2. The summed E-state index contributed by atoms with van der Waals surface area (Å²) < 4.78 is 18.4. The molecular weight excluding hydrogens is 241 g/mol. The number of nitrogens with two attached hydrogens (primary N) is 1. The lowest BCUT2D eigenvalue weighted by Gasteiger charge is -2.10. The minimum Gasteiger partial charge on any atom is -0.496 e. The molecule has 0 aliphatic heterocycles. The second kappa shape index (κ2) is 4.63. The van der Waals surface area contributed by atoms with Crippen LogP contribution in [0, 0.1) is 5.82 Å². The number of anilines is 1. The largest absolute Gasteiger partial charge is 0.496 e. The molecule has 2 aromatic rings. The van der Waals surface area contributed by atoms with Gasteiger partial charge in [-0.05, 0) is 30.3 Å². The summed E-state index contributed by atoms with van der Waals surface area (Å²) in [4.78, 5) is 0. The molecule has 2 nitrogen and oxygen atoms in total. The highest BCUT2D eigenvalue weighted by Gasteiger charge is 2.10. The van der Waals surface area contributed by atoms with Gasteiger partial charge in [-0.15, -0.1) is 0 Å². The van der Waals surface area contributed by atoms with Crippen molar-refractivity contribution in [2.45, 2.75) is 0 Å². The van der Waals surface area contributed by atoms with E-state index in [1.807, 2.05) is 0 Å². The first kappa shape index (κ1) is 11.7. The molecule has 88 valence electrons. The lowest BCUT2D eigenvalue weighted by Crippen LogP contribution is -1.91. The van der Waals surface area contributed by atoms with Crippen molar-refractivity contribution in [2.24, 2.45) is 0 Å². The van der Waals surface area contributed by atoms with Crippen LogP contribution in [-0.2, 0) is 0 Å². The summed E-state index contributed by atoms with van der Waals surface area (Å²) in [5.41, 5.74) is 7.48. The molecule has 0 heterocycles. The molecule has 0 saturated heterocycles. The number of benzene rings is 2. The number of halogens is 2. The van der Waals surface area contributed by atoms with E-state index in [0.29, 0.717) is 27.6 Å². The molecule has 0 saturated carbocycles. The molecule has 0 radical (unpaired) electrons. The standard InChI is InChI=1S/C13H11ClFNO/c1-17-13-5-2-8(15)6-11(13)10-4-3-9(16)7-12(10)14/h2-7H,16H2,1H3. The van der Waals surface area contributed by atoms with Gasteiger partial charge in [-0.1, -0.05) is 17.7 Å². The van der Waals surface area contributed by atoms with E-state index in [1.165, 1.54) is 19.2 Å². The fourth-order valence-corrected chi connectivity index (χ4v) is 1.93. The predicted octanol–water partition coefficient (Wildman–Crippen LogP) is 3.74. The van der Waals surface area contributed by atoms with Gasteiger partial charge in [0.1, 0.15) is 11.6 Å². The van der Waals surface area contributed by atoms with Crippen molar-refractivity contribution in [3.63, 3.8) is 0 Å². The predicted molar refractivity (Wildman–Crippen MR) is 67.8 cm³/mol. The van der Waals surface area contributed by atoms with Gasteiger partial charge in [0.2, 0.25) is 0 Å². The highest BCUT2D eigenvalue weighted by atomic mass is 35.5. The lowest BCUT2D eigenvalue weighted by molar-refractivity contribution is 0.415. The number of hydrogen-bond donors (Lipinski definition) is 1. The van der Waals surface area contributed by atoms with E-state index >= 15 is 0 Å². The van der Waals surface area contributed by atoms with E-state index in [9.17, 15) is 4.39 Å². The van der Waals surface area contributed by atoms with Crippen molar-refractivity contribution in [3.8, 4) is 16.9 Å². The van der Waals surface area contributed by atoms with Gasteiger partial charge in [0, 0.05) is 16.8 Å². The van der Waals surface area contributed by atoms with Crippen molar-refractivity contribution < 1.29 is 9.13 Å². The summed E-state index contributed by atoms with van der Waals surface area (Å²) in [6.45, 7) is 0. The molecule has 0 unspecified atom stereocenters. The number of methoxy groups -OCH3 is 1. The Labute approximate surface area is 104 Å². The zero-order chi connectivity index (χ0) is 12.4. The number of nitrogen functional groups attached to an aromatic ring is 1. The van der Waals surface area contributed by atoms with Crippen molar-refractivity contribution in [2.75, 3.05) is 12.8 Å². The average molecular weight is 252 g/mol. The minimum absolute atomic E-state index is 0.339. The highest BCUT2D eigenvalue weighted by molar-refractivity contribution is 6.33. The van der Waals surface area contributed by atoms with Crippen molar-refractivity contribution in [1.82, 2.24) is 0 Å². The van der Waals surface area contributed by atoms with Gasteiger partial charge in [-0.2, -0.15) is 0 Å². The zero-order valence-corrected chi connectivity index (χ0v) is 9.96. The monoisotopic (exact) mass is 251 g/mol. The summed E-state index contributed by atoms with van der Waals surface area (Å²) in [7, 11) is 1.53. The third-order valence-electron chi connectivity index (χ3n) is 2.44. The molecule has 0 aliphatic rings. The number of ether oxygens (including phenoxy) is 1. The summed E-state index contributed by atoms with van der Waals surface area (Å²) in [6.07, 6.45) is 0. The molecule has 0 amide bonds. The van der Waals surface area contributed by atoms with Crippen LogP contribution in [0.25, 0.3) is 11.1 Å². The van der Waals surface area contributed by atoms with Crippen molar-refractivity contribution >= 4 is 17.3 Å². The van der Waals surface area contributed by atoms with E-state index in [0.717, 1.165) is 0 Å². The Bertz CT molecular complexity index is 557. The van der Waals surface area contributed by atoms with Gasteiger partial charge >= 0.3 is 0 Å². The van der Waals surface area contributed by atoms with E-state index in [2.05, 4.69) is 0 Å². The molecule has 0 atom stereocenters. The van der Waals surface area contributed by atoms with Gasteiger partial charge in [0.25, 0.3) is 0 Å². The lowest BCUT2D eigenvalue weighted by atomic mass is 10.0. The van der Waals surface area contributed by atoms with Crippen LogP contribution >= 0.6 is 11.6 Å². The molecule has 4 heteroatoms. The van der Waals surface area contributed by atoms with Crippen LogP contribution in [0.3, 0.4) is 0 Å². The topological polar surface area (TPSA) is 35.2 Å². The first-order valence-corrected chi connectivity index (χ1v) is 5.38. The van der Waals surface area contributed by atoms with Crippen molar-refractivity contribution in [3.05, 3.63) is 47.2 Å². The fraction of sp³-hybridized carbons (Fsp3) is 0.0769. The number of rotatable bonds is 2. The Hall–Kier alpha value is -1.74. The maximum absolute atomic E-state index is 13.3. The Morgan fingerprint density at radius 1 is 1.12 bits per heavy atom. The zero-order valence-electron chi connectivity index (χ0n) is 9.21. The van der Waals surface area contributed by atoms with E-state index in [-0.39, 0.29) is 5.82 Å². The van der Waals surface area contributed by atoms with E-state index in [1.54, 1.807) is 24.3 Å². The molecule has 17 heavy (non-hydrogen) atoms. The maximum Gasteiger partial charge on any atom is 0.126 e. The minimum atomic E-state index is -0.339. The molecular formula is C13H11ClFNO. The van der Waals surface area contributed by atoms with Crippen LogP contribution in [0.2, 0.25) is 5.02 Å². The smallest absolute Gasteiger partial charge is 0.126 e. The van der Waals surface area contributed by atoms with Gasteiger partial charge in [0.05, 0.1) is 12.1 Å². The molecule has 2 rings (SSSR count). The quantitative estimate of drug-likeness (QED) is 0.826. The Balaban J connectivity index is 2.62. The normalized spacial score (nSPS) is 10.3. The van der Waals surface area contributed by atoms with Gasteiger partial charge < -0.3 is 10.5 Å². The summed E-state index contributed by atoms with van der Waals surface area (Å²) in [5.74, 6) is 0.228. The average Bonchev–Trinajstić information content (AvgIpc) is 2.29. The Kier molecular flexibility index (Phi) is 3.20. The molecule has 0 fully saturated rings. The van der Waals surface area contributed by atoms with E-state index < -0.39 is 0 Å². The van der Waals surface area contributed by atoms with Gasteiger partial charge in [-0.25, -0.2) is 4.39 Å². The first-order valence-electron chi connectivity index (χ1n) is 5.01. The van der Waals surface area contributed by atoms with Crippen molar-refractivity contribution in [1.29, 1.82) is 0 Å². The highest BCUT2D eigenvalue weighted by Crippen LogP contribution is 2.36. The molecule has 0 aromatic heterocycles. The molecule has 0 aliphatic carbocycles. The van der Waals surface area contributed by atoms with Crippen LogP contribution in [0.15, 0.2) is 36.4 Å². The maximum atomic E-state index is 13.3. The van der Waals surface area contributed by atoms with Crippen LogP contribution in [0.5, 0.6) is 5.75 Å². The third kappa shape index (κ3) is 2.34. The molecule has 0 spiro atoms. The second-order valence-electron chi connectivity index (χ2n) is 3.58. The summed E-state index contributed by atoms with van der Waals surface area (Å²) >= 11 is 6.09. The van der Waals surface area contributed by atoms with Gasteiger partial charge in [-0.3, -0.25) is 0 Å². The van der Waals surface area contributed by atoms with Crippen LogP contribution in [0.1, 0.15) is 0 Å². The second-order valence-corrected chi connectivity index (χ2v) is 3.99. The summed E-state index contributed by atoms with van der Waals surface area (Å²) in [6, 6.07) is 9.38. The SMILES string of the molecule is COc1ccc(F)cc1-c1ccc(N)cc1Cl. The Morgan fingerprint density at radius 3 is 2.53 bits per heavy atom. The first-order chi connectivity index (χ1) is 8.11. The summed E-state index contributed by atoms with van der Waals surface area (Å²) in [5, 5.41) is 0.467. The molecule has 2 N–H and O–H groups in total. The van der Waals surface area contributed by atoms with Crippen LogP contribution in [-0.4, -0.2) is 7.11 Å². The molecule has 2 aromatic carbocycles. The van der Waals surface area contributed by atoms with E-state index in [4.69, 9.17) is 22.1 Å². The molecule has 0 bridgehead atoms. The fourth-order valence-electron chi connectivity index (χ4n) is 1.64. The van der Waals surface area contributed by atoms with Gasteiger partial charge in [0.15, 0.2) is 0 Å².